The smallest absolute Gasteiger partial charge is 0.191 e. The van der Waals surface area contributed by atoms with Crippen molar-refractivity contribution in [2.75, 3.05) is 5.73 Å². The molecule has 0 unspecified atom stereocenters. The van der Waals surface area contributed by atoms with E-state index in [2.05, 4.69) is 20.9 Å². The van der Waals surface area contributed by atoms with Crippen LogP contribution in [0.3, 0.4) is 0 Å². The highest BCUT2D eigenvalue weighted by Gasteiger charge is 2.03. The summed E-state index contributed by atoms with van der Waals surface area (Å²) in [6, 6.07) is 3.66. The first-order chi connectivity index (χ1) is 6.00. The molecule has 0 atom stereocenters. The van der Waals surface area contributed by atoms with Crippen LogP contribution in [0.5, 0.6) is 0 Å². The van der Waals surface area contributed by atoms with Gasteiger partial charge in [-0.2, -0.15) is 0 Å². The van der Waals surface area contributed by atoms with Crippen molar-refractivity contribution in [2.24, 2.45) is 16.5 Å². The van der Waals surface area contributed by atoms with E-state index < -0.39 is 0 Å². The second-order valence-electron chi connectivity index (χ2n) is 2.70. The number of guanidine groups is 1. The van der Waals surface area contributed by atoms with Crippen LogP contribution in [-0.4, -0.2) is 5.96 Å². The lowest BCUT2D eigenvalue weighted by molar-refractivity contribution is 1.35. The summed E-state index contributed by atoms with van der Waals surface area (Å²) >= 11 is 3.32. The van der Waals surface area contributed by atoms with E-state index in [1.165, 1.54) is 0 Å². The fourth-order valence-electron chi connectivity index (χ4n) is 1.04. The second-order valence-corrected chi connectivity index (χ2v) is 3.61. The van der Waals surface area contributed by atoms with Gasteiger partial charge in [0, 0.05) is 4.47 Å². The van der Waals surface area contributed by atoms with Gasteiger partial charge in [0.05, 0.1) is 11.4 Å². The third kappa shape index (κ3) is 2.35. The zero-order valence-corrected chi connectivity index (χ0v) is 8.80. The van der Waals surface area contributed by atoms with Crippen molar-refractivity contribution in [3.8, 4) is 0 Å². The van der Waals surface area contributed by atoms with E-state index in [0.717, 1.165) is 10.0 Å². The molecule has 0 saturated heterocycles. The van der Waals surface area contributed by atoms with Crippen molar-refractivity contribution in [2.45, 2.75) is 6.92 Å². The SMILES string of the molecule is Cc1cc(Br)cc(N)c1N=C(N)N. The maximum atomic E-state index is 5.72. The fraction of sp³-hybridized carbons (Fsp3) is 0.125. The molecule has 6 N–H and O–H groups in total. The molecule has 4 nitrogen and oxygen atoms in total. The molecule has 1 aromatic carbocycles. The number of nitrogens with zero attached hydrogens (tertiary/aromatic N) is 1. The standard InChI is InChI=1S/C8H11BrN4/c1-4-2-5(9)3-6(10)7(4)13-8(11)12/h2-3H,10H2,1H3,(H4,11,12,13). The summed E-state index contributed by atoms with van der Waals surface area (Å²) in [5, 5.41) is 0. The van der Waals surface area contributed by atoms with Crippen LogP contribution in [-0.2, 0) is 0 Å². The molecule has 0 aliphatic rings. The number of aliphatic imine (C=N–C) groups is 1. The Morgan fingerprint density at radius 3 is 2.46 bits per heavy atom. The minimum atomic E-state index is 0.0112. The van der Waals surface area contributed by atoms with Crippen LogP contribution in [0.4, 0.5) is 11.4 Å². The van der Waals surface area contributed by atoms with Crippen LogP contribution in [0.15, 0.2) is 21.6 Å². The summed E-state index contributed by atoms with van der Waals surface area (Å²) in [6.07, 6.45) is 0. The Bertz CT molecular complexity index is 332. The van der Waals surface area contributed by atoms with Gasteiger partial charge in [-0.3, -0.25) is 0 Å². The number of halogens is 1. The number of hydrogen-bond donors (Lipinski definition) is 3. The molecule has 0 fully saturated rings. The Kier molecular flexibility index (Phi) is 2.77. The summed E-state index contributed by atoms with van der Waals surface area (Å²) in [6.45, 7) is 1.89. The van der Waals surface area contributed by atoms with E-state index in [1.54, 1.807) is 6.07 Å². The Morgan fingerprint density at radius 1 is 1.38 bits per heavy atom. The van der Waals surface area contributed by atoms with E-state index in [9.17, 15) is 0 Å². The van der Waals surface area contributed by atoms with Crippen LogP contribution < -0.4 is 17.2 Å². The highest BCUT2D eigenvalue weighted by atomic mass is 79.9. The first-order valence-corrected chi connectivity index (χ1v) is 4.45. The summed E-state index contributed by atoms with van der Waals surface area (Å²) in [5.74, 6) is 0.0112. The maximum Gasteiger partial charge on any atom is 0.191 e. The van der Waals surface area contributed by atoms with Gasteiger partial charge in [-0.05, 0) is 24.6 Å². The van der Waals surface area contributed by atoms with Crippen molar-refractivity contribution < 1.29 is 0 Å². The van der Waals surface area contributed by atoms with E-state index in [1.807, 2.05) is 13.0 Å². The van der Waals surface area contributed by atoms with E-state index in [-0.39, 0.29) is 5.96 Å². The summed E-state index contributed by atoms with van der Waals surface area (Å²) in [7, 11) is 0. The van der Waals surface area contributed by atoms with Gasteiger partial charge in [-0.1, -0.05) is 15.9 Å². The zero-order valence-electron chi connectivity index (χ0n) is 7.21. The van der Waals surface area contributed by atoms with Gasteiger partial charge in [0.25, 0.3) is 0 Å². The molecule has 0 amide bonds. The predicted molar refractivity (Wildman–Crippen MR) is 58.8 cm³/mol. The lowest BCUT2D eigenvalue weighted by Gasteiger charge is -2.05. The highest BCUT2D eigenvalue weighted by Crippen LogP contribution is 2.29. The number of anilines is 1. The van der Waals surface area contributed by atoms with Crippen LogP contribution in [0.1, 0.15) is 5.56 Å². The van der Waals surface area contributed by atoms with Crippen LogP contribution in [0, 0.1) is 6.92 Å². The molecule has 0 heterocycles. The largest absolute Gasteiger partial charge is 0.397 e. The van der Waals surface area contributed by atoms with Gasteiger partial charge in [0.15, 0.2) is 5.96 Å². The monoisotopic (exact) mass is 242 g/mol. The number of nitrogens with two attached hydrogens (primary N) is 3. The van der Waals surface area contributed by atoms with Crippen LogP contribution in [0.25, 0.3) is 0 Å². The average molecular weight is 243 g/mol. The zero-order chi connectivity index (χ0) is 10.0. The quantitative estimate of drug-likeness (QED) is 0.393. The molecule has 0 aliphatic heterocycles. The van der Waals surface area contributed by atoms with Crippen LogP contribution >= 0.6 is 15.9 Å². The van der Waals surface area contributed by atoms with Gasteiger partial charge in [-0.15, -0.1) is 0 Å². The molecule has 13 heavy (non-hydrogen) atoms. The molecule has 1 rings (SSSR count). The summed E-state index contributed by atoms with van der Waals surface area (Å²) < 4.78 is 0.914. The van der Waals surface area contributed by atoms with Gasteiger partial charge >= 0.3 is 0 Å². The molecular weight excluding hydrogens is 232 g/mol. The Balaban J connectivity index is 3.29. The molecule has 1 aromatic rings. The lowest BCUT2D eigenvalue weighted by atomic mass is 10.2. The summed E-state index contributed by atoms with van der Waals surface area (Å²) in [5.41, 5.74) is 18.4. The van der Waals surface area contributed by atoms with E-state index >= 15 is 0 Å². The molecule has 0 aromatic heterocycles. The van der Waals surface area contributed by atoms with Gasteiger partial charge in [-0.25, -0.2) is 4.99 Å². The number of rotatable bonds is 1. The Hall–Kier alpha value is -1.23. The summed E-state index contributed by atoms with van der Waals surface area (Å²) in [4.78, 5) is 3.93. The molecule has 0 aliphatic carbocycles. The number of nitrogen functional groups attached to an aromatic ring is 1. The third-order valence-corrected chi connectivity index (χ3v) is 1.99. The van der Waals surface area contributed by atoms with Gasteiger partial charge in [0.2, 0.25) is 0 Å². The average Bonchev–Trinajstić information content (AvgIpc) is 1.96. The van der Waals surface area contributed by atoms with Crippen molar-refractivity contribution in [1.29, 1.82) is 0 Å². The lowest BCUT2D eigenvalue weighted by Crippen LogP contribution is -2.22. The molecule has 0 radical (unpaired) electrons. The fourth-order valence-corrected chi connectivity index (χ4v) is 1.63. The van der Waals surface area contributed by atoms with E-state index in [4.69, 9.17) is 17.2 Å². The first kappa shape index (κ1) is 9.85. The molecular formula is C8H11BrN4. The number of aryl methyl sites for hydroxylation is 1. The highest BCUT2D eigenvalue weighted by molar-refractivity contribution is 9.10. The Labute approximate surface area is 84.9 Å². The normalized spacial score (nSPS) is 9.69. The number of benzene rings is 1. The minimum absolute atomic E-state index is 0.0112. The molecule has 0 spiro atoms. The van der Waals surface area contributed by atoms with Gasteiger partial charge in [0.1, 0.15) is 0 Å². The van der Waals surface area contributed by atoms with Crippen molar-refractivity contribution in [1.82, 2.24) is 0 Å². The molecule has 5 heteroatoms. The van der Waals surface area contributed by atoms with Crippen molar-refractivity contribution in [3.63, 3.8) is 0 Å². The third-order valence-electron chi connectivity index (χ3n) is 1.54. The first-order valence-electron chi connectivity index (χ1n) is 3.66. The molecule has 0 bridgehead atoms. The van der Waals surface area contributed by atoms with Crippen molar-refractivity contribution in [3.05, 3.63) is 22.2 Å². The topological polar surface area (TPSA) is 90.4 Å². The number of hydrogen-bond acceptors (Lipinski definition) is 2. The van der Waals surface area contributed by atoms with Crippen molar-refractivity contribution >= 4 is 33.3 Å². The second kappa shape index (κ2) is 3.66. The van der Waals surface area contributed by atoms with Gasteiger partial charge < -0.3 is 17.2 Å². The minimum Gasteiger partial charge on any atom is -0.397 e. The van der Waals surface area contributed by atoms with E-state index in [0.29, 0.717) is 11.4 Å². The Morgan fingerprint density at radius 2 is 2.00 bits per heavy atom. The maximum absolute atomic E-state index is 5.72. The molecule has 70 valence electrons. The molecule has 0 saturated carbocycles. The van der Waals surface area contributed by atoms with Crippen LogP contribution in [0.2, 0.25) is 0 Å². The predicted octanol–water partition coefficient (Wildman–Crippen LogP) is 1.24.